The molecule has 13 heavy (non-hydrogen) atoms. The Morgan fingerprint density at radius 1 is 1.54 bits per heavy atom. The van der Waals surface area contributed by atoms with Crippen molar-refractivity contribution >= 4 is 24.4 Å². The highest BCUT2D eigenvalue weighted by Gasteiger charge is 2.39. The molecule has 2 aliphatic heterocycles. The molecule has 1 N–H and O–H groups in total. The van der Waals surface area contributed by atoms with Gasteiger partial charge in [0, 0.05) is 18.2 Å². The maximum atomic E-state index is 11.4. The minimum absolute atomic E-state index is 0.0225. The van der Waals surface area contributed by atoms with Crippen LogP contribution in [0.15, 0.2) is 0 Å². The fourth-order valence-corrected chi connectivity index (χ4v) is 1.91. The predicted molar refractivity (Wildman–Crippen MR) is 47.0 cm³/mol. The molecule has 2 amide bonds. The van der Waals surface area contributed by atoms with Crippen LogP contribution in [0.3, 0.4) is 0 Å². The zero-order valence-corrected chi connectivity index (χ0v) is 7.79. The average molecular weight is 202 g/mol. The largest absolute Gasteiger partial charge is 0.327 e. The second-order valence-corrected chi connectivity index (χ2v) is 3.93. The van der Waals surface area contributed by atoms with Gasteiger partial charge in [-0.25, -0.2) is 5.48 Å². The third-order valence-electron chi connectivity index (χ3n) is 2.23. The summed E-state index contributed by atoms with van der Waals surface area (Å²) in [6, 6.07) is -0.454. The first-order valence-electron chi connectivity index (χ1n) is 4.07. The number of carbonyl (C=O) groups excluding carboxylic acids is 2. The van der Waals surface area contributed by atoms with Crippen LogP contribution in [0.1, 0.15) is 6.42 Å². The first-order chi connectivity index (χ1) is 6.18. The molecule has 0 aromatic heterocycles. The third-order valence-corrected chi connectivity index (χ3v) is 2.58. The normalized spacial score (nSPS) is 34.1. The van der Waals surface area contributed by atoms with E-state index in [1.54, 1.807) is 0 Å². The Bertz CT molecular complexity index is 258. The van der Waals surface area contributed by atoms with Crippen molar-refractivity contribution in [1.29, 1.82) is 0 Å². The molecule has 0 spiro atoms. The smallest absolute Gasteiger partial charge is 0.268 e. The molecule has 0 bridgehead atoms. The van der Waals surface area contributed by atoms with Crippen molar-refractivity contribution in [2.75, 3.05) is 13.2 Å². The number of thiol groups is 1. The minimum atomic E-state index is -0.454. The molecule has 2 atom stereocenters. The van der Waals surface area contributed by atoms with Crippen LogP contribution in [-0.4, -0.2) is 41.2 Å². The lowest BCUT2D eigenvalue weighted by Gasteiger charge is -2.19. The zero-order valence-electron chi connectivity index (χ0n) is 6.90. The van der Waals surface area contributed by atoms with Crippen LogP contribution in [0.4, 0.5) is 0 Å². The SMILES string of the molecule is O=C1NOC[C@@H]1N1CC(S)CC1=O. The Morgan fingerprint density at radius 3 is 2.77 bits per heavy atom. The maximum Gasteiger partial charge on any atom is 0.268 e. The highest BCUT2D eigenvalue weighted by molar-refractivity contribution is 7.81. The standard InChI is InChI=1S/C7H10N2O3S/c10-6-1-4(13)2-9(6)5-3-12-8-7(5)11/h4-5,13H,1-3H2,(H,8,11)/t4?,5-/m0/s1. The van der Waals surface area contributed by atoms with Gasteiger partial charge < -0.3 is 4.90 Å². The number of hydrogen-bond acceptors (Lipinski definition) is 4. The molecule has 0 aliphatic carbocycles. The molecule has 0 saturated carbocycles. The fraction of sp³-hybridized carbons (Fsp3) is 0.714. The van der Waals surface area contributed by atoms with Crippen molar-refractivity contribution < 1.29 is 14.4 Å². The molecule has 2 heterocycles. The van der Waals surface area contributed by atoms with E-state index in [2.05, 4.69) is 18.1 Å². The van der Waals surface area contributed by atoms with Crippen LogP contribution in [0.2, 0.25) is 0 Å². The van der Waals surface area contributed by atoms with E-state index < -0.39 is 6.04 Å². The average Bonchev–Trinajstić information content (AvgIpc) is 2.58. The summed E-state index contributed by atoms with van der Waals surface area (Å²) in [5.41, 5.74) is 2.22. The van der Waals surface area contributed by atoms with Gasteiger partial charge in [0.2, 0.25) is 5.91 Å². The predicted octanol–water partition coefficient (Wildman–Crippen LogP) is -1.05. The van der Waals surface area contributed by atoms with Gasteiger partial charge in [0.05, 0.1) is 0 Å². The van der Waals surface area contributed by atoms with Gasteiger partial charge >= 0.3 is 0 Å². The van der Waals surface area contributed by atoms with E-state index in [0.29, 0.717) is 13.0 Å². The van der Waals surface area contributed by atoms with E-state index in [9.17, 15) is 9.59 Å². The first-order valence-corrected chi connectivity index (χ1v) is 4.59. The number of carbonyl (C=O) groups is 2. The molecule has 0 radical (unpaired) electrons. The van der Waals surface area contributed by atoms with E-state index in [-0.39, 0.29) is 23.7 Å². The zero-order chi connectivity index (χ0) is 9.42. The van der Waals surface area contributed by atoms with Crippen molar-refractivity contribution in [3.05, 3.63) is 0 Å². The lowest BCUT2D eigenvalue weighted by molar-refractivity contribution is -0.135. The number of nitrogens with one attached hydrogen (secondary N) is 1. The Morgan fingerprint density at radius 2 is 2.31 bits per heavy atom. The van der Waals surface area contributed by atoms with Crippen LogP contribution in [-0.2, 0) is 14.4 Å². The molecule has 2 aliphatic rings. The maximum absolute atomic E-state index is 11.4. The van der Waals surface area contributed by atoms with E-state index >= 15 is 0 Å². The van der Waals surface area contributed by atoms with Crippen LogP contribution in [0.5, 0.6) is 0 Å². The summed E-state index contributed by atoms with van der Waals surface area (Å²) in [7, 11) is 0. The Hall–Kier alpha value is -0.750. The molecule has 5 nitrogen and oxygen atoms in total. The highest BCUT2D eigenvalue weighted by atomic mass is 32.1. The molecule has 2 fully saturated rings. The minimum Gasteiger partial charge on any atom is -0.327 e. The lowest BCUT2D eigenvalue weighted by Crippen LogP contribution is -2.43. The number of nitrogens with zero attached hydrogens (tertiary/aromatic N) is 1. The van der Waals surface area contributed by atoms with Gasteiger partial charge in [0.1, 0.15) is 12.6 Å². The second kappa shape index (κ2) is 3.19. The molecule has 0 aromatic rings. The van der Waals surface area contributed by atoms with E-state index in [1.165, 1.54) is 4.90 Å². The summed E-state index contributed by atoms with van der Waals surface area (Å²) >= 11 is 4.20. The number of rotatable bonds is 1. The monoisotopic (exact) mass is 202 g/mol. The topological polar surface area (TPSA) is 58.6 Å². The second-order valence-electron chi connectivity index (χ2n) is 3.20. The summed E-state index contributed by atoms with van der Waals surface area (Å²) in [5.74, 6) is -0.263. The van der Waals surface area contributed by atoms with Crippen molar-refractivity contribution in [1.82, 2.24) is 10.4 Å². The van der Waals surface area contributed by atoms with Crippen LogP contribution in [0.25, 0.3) is 0 Å². The molecule has 72 valence electrons. The number of likely N-dealkylation sites (tertiary alicyclic amines) is 1. The van der Waals surface area contributed by atoms with Crippen molar-refractivity contribution in [2.45, 2.75) is 17.7 Å². The summed E-state index contributed by atoms with van der Waals surface area (Å²) in [4.78, 5) is 28.8. The van der Waals surface area contributed by atoms with Crippen molar-refractivity contribution in [3.8, 4) is 0 Å². The summed E-state index contributed by atoms with van der Waals surface area (Å²) in [6.45, 7) is 0.772. The van der Waals surface area contributed by atoms with E-state index in [0.717, 1.165) is 0 Å². The van der Waals surface area contributed by atoms with E-state index in [1.807, 2.05) is 0 Å². The Balaban J connectivity index is 2.08. The van der Waals surface area contributed by atoms with Gasteiger partial charge in [0.15, 0.2) is 0 Å². The van der Waals surface area contributed by atoms with Gasteiger partial charge in [-0.15, -0.1) is 0 Å². The molecule has 2 rings (SSSR count). The molecular weight excluding hydrogens is 192 g/mol. The van der Waals surface area contributed by atoms with Gasteiger partial charge in [0.25, 0.3) is 5.91 Å². The quantitative estimate of drug-likeness (QED) is 0.533. The Kier molecular flexibility index (Phi) is 2.17. The van der Waals surface area contributed by atoms with Crippen molar-refractivity contribution in [3.63, 3.8) is 0 Å². The number of hydroxylamine groups is 1. The van der Waals surface area contributed by atoms with Gasteiger partial charge in [-0.2, -0.15) is 12.6 Å². The van der Waals surface area contributed by atoms with Crippen LogP contribution >= 0.6 is 12.6 Å². The van der Waals surface area contributed by atoms with Gasteiger partial charge in [-0.1, -0.05) is 0 Å². The van der Waals surface area contributed by atoms with Crippen molar-refractivity contribution in [2.24, 2.45) is 0 Å². The lowest BCUT2D eigenvalue weighted by atomic mass is 10.3. The molecular formula is C7H10N2O3S. The molecule has 6 heteroatoms. The fourth-order valence-electron chi connectivity index (χ4n) is 1.58. The highest BCUT2D eigenvalue weighted by Crippen LogP contribution is 2.20. The number of hydrogen-bond donors (Lipinski definition) is 2. The summed E-state index contributed by atoms with van der Waals surface area (Å²) < 4.78 is 0. The molecule has 1 unspecified atom stereocenters. The van der Waals surface area contributed by atoms with Gasteiger partial charge in [-0.3, -0.25) is 14.4 Å². The molecule has 2 saturated heterocycles. The first kappa shape index (κ1) is 8.83. The van der Waals surface area contributed by atoms with Crippen LogP contribution in [0, 0.1) is 0 Å². The number of amides is 2. The Labute approximate surface area is 80.8 Å². The third kappa shape index (κ3) is 1.51. The van der Waals surface area contributed by atoms with E-state index in [4.69, 9.17) is 4.84 Å². The van der Waals surface area contributed by atoms with Crippen LogP contribution < -0.4 is 5.48 Å². The summed E-state index contributed by atoms with van der Waals surface area (Å²) in [6.07, 6.45) is 0.410. The van der Waals surface area contributed by atoms with Gasteiger partial charge in [-0.05, 0) is 0 Å². The summed E-state index contributed by atoms with van der Waals surface area (Å²) in [5, 5.41) is 0.0425. The molecule has 0 aromatic carbocycles.